The lowest BCUT2D eigenvalue weighted by Gasteiger charge is -2.22. The topological polar surface area (TPSA) is 121 Å². The largest absolute Gasteiger partial charge is 0.379 e. The Morgan fingerprint density at radius 3 is 2.34 bits per heavy atom. The minimum atomic E-state index is -3.97. The van der Waals surface area contributed by atoms with Gasteiger partial charge in [-0.2, -0.15) is 17.8 Å². The predicted molar refractivity (Wildman–Crippen MR) is 137 cm³/mol. The normalized spacial score (nSPS) is 21.3. The Balaban J connectivity index is 0.000000243. The van der Waals surface area contributed by atoms with Gasteiger partial charge < -0.3 is 10.5 Å². The van der Waals surface area contributed by atoms with Crippen molar-refractivity contribution in [3.05, 3.63) is 70.7 Å². The van der Waals surface area contributed by atoms with Crippen molar-refractivity contribution in [2.75, 3.05) is 39.4 Å². The van der Waals surface area contributed by atoms with Gasteiger partial charge >= 0.3 is 10.3 Å². The summed E-state index contributed by atoms with van der Waals surface area (Å²) in [5.41, 5.74) is 9.51. The van der Waals surface area contributed by atoms with Crippen molar-refractivity contribution in [2.24, 2.45) is 21.7 Å². The molecule has 1 saturated heterocycles. The third-order valence-electron chi connectivity index (χ3n) is 6.03. The Bertz CT molecular complexity index is 1150. The monoisotopic (exact) mass is 519 g/mol. The summed E-state index contributed by atoms with van der Waals surface area (Å²) in [6.45, 7) is 2.74. The summed E-state index contributed by atoms with van der Waals surface area (Å²) >= 11 is 6.04. The number of benzene rings is 2. The summed E-state index contributed by atoms with van der Waals surface area (Å²) in [6.07, 6.45) is 2.53. The summed E-state index contributed by atoms with van der Waals surface area (Å²) in [5.74, 6) is 1.39. The van der Waals surface area contributed by atoms with E-state index in [0.717, 1.165) is 27.1 Å². The first-order chi connectivity index (χ1) is 16.8. The lowest BCUT2D eigenvalue weighted by Crippen LogP contribution is -2.40. The Kier molecular flexibility index (Phi) is 8.40. The van der Waals surface area contributed by atoms with E-state index in [1.807, 2.05) is 35.3 Å². The van der Waals surface area contributed by atoms with Gasteiger partial charge in [-0.05, 0) is 42.0 Å². The van der Waals surface area contributed by atoms with E-state index in [9.17, 15) is 8.42 Å². The molecule has 9 nitrogen and oxygen atoms in total. The molecule has 1 saturated carbocycles. The highest BCUT2D eigenvalue weighted by atomic mass is 35.5. The lowest BCUT2D eigenvalue weighted by molar-refractivity contribution is 0.0693. The molecule has 11 heteroatoms. The van der Waals surface area contributed by atoms with E-state index in [2.05, 4.69) is 29.3 Å². The van der Waals surface area contributed by atoms with Crippen LogP contribution in [0.5, 0.6) is 0 Å². The second-order valence-electron chi connectivity index (χ2n) is 8.67. The first kappa shape index (κ1) is 25.6. The number of hydrazone groups is 1. The fourth-order valence-electron chi connectivity index (χ4n) is 3.85. The van der Waals surface area contributed by atoms with Crippen molar-refractivity contribution in [3.63, 3.8) is 0 Å². The summed E-state index contributed by atoms with van der Waals surface area (Å²) in [4.78, 5) is 4.53. The number of halogens is 1. The predicted octanol–water partition coefficient (Wildman–Crippen LogP) is 2.99. The number of hydrogen-bond donors (Lipinski definition) is 2. The van der Waals surface area contributed by atoms with Gasteiger partial charge in [-0.15, -0.1) is 0 Å². The van der Waals surface area contributed by atoms with Crippen LogP contribution in [-0.4, -0.2) is 73.3 Å². The van der Waals surface area contributed by atoms with Crippen LogP contribution in [0.4, 0.5) is 0 Å². The van der Waals surface area contributed by atoms with Crippen molar-refractivity contribution < 1.29 is 17.7 Å². The summed E-state index contributed by atoms with van der Waals surface area (Å²) in [5, 5.41) is 7.36. The van der Waals surface area contributed by atoms with Gasteiger partial charge in [-0.3, -0.25) is 9.55 Å². The van der Waals surface area contributed by atoms with Crippen LogP contribution in [-0.2, 0) is 15.0 Å². The maximum atomic E-state index is 10.4. The van der Waals surface area contributed by atoms with E-state index >= 15 is 0 Å². The van der Waals surface area contributed by atoms with Crippen molar-refractivity contribution >= 4 is 33.6 Å². The number of hydrogen-bond acceptors (Lipinski definition) is 5. The summed E-state index contributed by atoms with van der Waals surface area (Å²) in [6, 6.07) is 18.2. The van der Waals surface area contributed by atoms with Crippen LogP contribution in [0.1, 0.15) is 29.9 Å². The quantitative estimate of drug-likeness (QED) is 0.356. The summed E-state index contributed by atoms with van der Waals surface area (Å²) in [7, 11) is -3.97. The van der Waals surface area contributed by atoms with Gasteiger partial charge in [0.05, 0.1) is 25.5 Å². The van der Waals surface area contributed by atoms with E-state index < -0.39 is 10.3 Å². The van der Waals surface area contributed by atoms with Crippen LogP contribution >= 0.6 is 11.6 Å². The van der Waals surface area contributed by atoms with Crippen LogP contribution in [0.3, 0.4) is 0 Å². The fraction of sp³-hybridized carbons (Fsp3) is 0.417. The molecule has 0 radical (unpaired) electrons. The highest BCUT2D eigenvalue weighted by Crippen LogP contribution is 2.30. The zero-order chi connectivity index (χ0) is 24.8. The van der Waals surface area contributed by atoms with Gasteiger partial charge in [0.25, 0.3) is 0 Å². The van der Waals surface area contributed by atoms with Crippen molar-refractivity contribution in [1.29, 1.82) is 0 Å². The molecule has 1 atom stereocenters. The molecule has 0 amide bonds. The number of ether oxygens (including phenoxy) is 1. The molecule has 2 aliphatic heterocycles. The average molecular weight is 520 g/mol. The van der Waals surface area contributed by atoms with Crippen LogP contribution in [0.25, 0.3) is 0 Å². The standard InChI is InChI=1S/C20H21ClN4.C4H9NO4S/c21-17-10-8-16(9-11-17)19-18(15-4-2-1-3-5-15)13-25(24-19)20(22)23-12-14-6-7-14;6-10(7,8)5-1-3-9-4-2-5/h1-5,8-11,14,18H,6-7,12-13H2,(H2,22,23);1-4H2,(H,6,7,8). The fourth-order valence-corrected chi connectivity index (χ4v) is 4.59. The molecule has 1 unspecified atom stereocenters. The first-order valence-electron chi connectivity index (χ1n) is 11.6. The Morgan fingerprint density at radius 1 is 1.11 bits per heavy atom. The Morgan fingerprint density at radius 2 is 1.77 bits per heavy atom. The number of nitrogens with two attached hydrogens (primary N) is 1. The molecule has 188 valence electrons. The smallest absolute Gasteiger partial charge is 0.336 e. The third kappa shape index (κ3) is 7.25. The van der Waals surface area contributed by atoms with Crippen molar-refractivity contribution in [1.82, 2.24) is 9.31 Å². The zero-order valence-electron chi connectivity index (χ0n) is 19.3. The van der Waals surface area contributed by atoms with Crippen molar-refractivity contribution in [2.45, 2.75) is 18.8 Å². The average Bonchev–Trinajstić information content (AvgIpc) is 3.60. The molecule has 3 N–H and O–H groups in total. The first-order valence-corrected chi connectivity index (χ1v) is 13.4. The molecule has 5 rings (SSSR count). The van der Waals surface area contributed by atoms with Crippen LogP contribution in [0.15, 0.2) is 64.7 Å². The molecule has 2 fully saturated rings. The molecular formula is C24H30ClN5O4S. The van der Waals surface area contributed by atoms with Crippen LogP contribution in [0, 0.1) is 5.92 Å². The molecule has 2 aromatic carbocycles. The summed E-state index contributed by atoms with van der Waals surface area (Å²) < 4.78 is 35.2. The molecular weight excluding hydrogens is 490 g/mol. The molecule has 2 aromatic rings. The number of guanidine groups is 1. The Hall–Kier alpha value is -2.50. The number of morpholine rings is 1. The van der Waals surface area contributed by atoms with Gasteiger partial charge in [0.1, 0.15) is 0 Å². The van der Waals surface area contributed by atoms with E-state index in [1.54, 1.807) is 0 Å². The SMILES string of the molecule is NC(=NCC1CC1)N1CC(c2ccccc2)C(c2ccc(Cl)cc2)=N1.O=S(=O)(O)N1CCOCC1. The second-order valence-corrected chi connectivity index (χ2v) is 10.5. The molecule has 0 bridgehead atoms. The highest BCUT2D eigenvalue weighted by Gasteiger charge is 2.31. The number of aliphatic imine (C=N–C) groups is 1. The van der Waals surface area contributed by atoms with Crippen LogP contribution < -0.4 is 5.73 Å². The van der Waals surface area contributed by atoms with Gasteiger partial charge in [-0.25, -0.2) is 5.01 Å². The van der Waals surface area contributed by atoms with E-state index in [4.69, 9.17) is 31.7 Å². The lowest BCUT2D eigenvalue weighted by atomic mass is 9.91. The van der Waals surface area contributed by atoms with Crippen molar-refractivity contribution in [3.8, 4) is 0 Å². The van der Waals surface area contributed by atoms with E-state index in [1.165, 1.54) is 18.4 Å². The maximum absolute atomic E-state index is 10.4. The molecule has 0 aromatic heterocycles. The van der Waals surface area contributed by atoms with Gasteiger partial charge in [0.15, 0.2) is 0 Å². The molecule has 2 heterocycles. The van der Waals surface area contributed by atoms with Gasteiger partial charge in [-0.1, -0.05) is 54.1 Å². The third-order valence-corrected chi connectivity index (χ3v) is 7.29. The highest BCUT2D eigenvalue weighted by molar-refractivity contribution is 7.83. The second kappa shape index (κ2) is 11.5. The molecule has 0 spiro atoms. The minimum absolute atomic E-state index is 0.164. The molecule has 3 aliphatic rings. The Labute approximate surface area is 211 Å². The minimum Gasteiger partial charge on any atom is -0.379 e. The number of rotatable bonds is 5. The zero-order valence-corrected chi connectivity index (χ0v) is 20.9. The van der Waals surface area contributed by atoms with E-state index in [-0.39, 0.29) is 19.0 Å². The van der Waals surface area contributed by atoms with Gasteiger partial charge in [0.2, 0.25) is 5.96 Å². The molecule has 35 heavy (non-hydrogen) atoms. The molecule has 1 aliphatic carbocycles. The number of nitrogens with zero attached hydrogens (tertiary/aromatic N) is 4. The van der Waals surface area contributed by atoms with E-state index in [0.29, 0.717) is 31.6 Å². The van der Waals surface area contributed by atoms with Gasteiger partial charge in [0, 0.05) is 30.6 Å². The maximum Gasteiger partial charge on any atom is 0.336 e. The van der Waals surface area contributed by atoms with Crippen LogP contribution in [0.2, 0.25) is 5.02 Å².